The second-order valence-electron chi connectivity index (χ2n) is 5.47. The molecule has 1 aliphatic rings. The number of likely N-dealkylation sites (tertiary alicyclic amines) is 1. The van der Waals surface area contributed by atoms with Gasteiger partial charge < -0.3 is 10.2 Å². The van der Waals surface area contributed by atoms with E-state index in [4.69, 9.17) is 11.6 Å². The van der Waals surface area contributed by atoms with Crippen molar-refractivity contribution in [2.75, 3.05) is 25.0 Å². The fraction of sp³-hybridized carbons (Fsp3) is 0.533. The van der Waals surface area contributed by atoms with Crippen LogP contribution < -0.4 is 10.2 Å². The number of quaternary nitrogens is 1. The van der Waals surface area contributed by atoms with Crippen molar-refractivity contribution in [1.82, 2.24) is 0 Å². The van der Waals surface area contributed by atoms with E-state index in [1.165, 1.54) is 24.2 Å². The Kier molecular flexibility index (Phi) is 4.83. The van der Waals surface area contributed by atoms with Gasteiger partial charge in [-0.2, -0.15) is 0 Å². The molecule has 1 heterocycles. The van der Waals surface area contributed by atoms with Crippen molar-refractivity contribution >= 4 is 23.2 Å². The van der Waals surface area contributed by atoms with E-state index in [1.807, 2.05) is 26.0 Å². The maximum atomic E-state index is 12.1. The van der Waals surface area contributed by atoms with Gasteiger partial charge in [-0.1, -0.05) is 17.7 Å². The van der Waals surface area contributed by atoms with Crippen molar-refractivity contribution in [1.29, 1.82) is 0 Å². The van der Waals surface area contributed by atoms with E-state index in [0.717, 1.165) is 29.9 Å². The zero-order valence-corrected chi connectivity index (χ0v) is 12.4. The number of aryl methyl sites for hydroxylation is 2. The zero-order chi connectivity index (χ0) is 13.8. The van der Waals surface area contributed by atoms with Crippen molar-refractivity contribution in [3.05, 3.63) is 28.3 Å². The molecule has 0 spiro atoms. The molecular formula is C15H22ClN2O+. The molecule has 4 heteroatoms. The Morgan fingerprint density at radius 1 is 1.26 bits per heavy atom. The number of hydrogen-bond acceptors (Lipinski definition) is 1. The molecule has 0 radical (unpaired) electrons. The summed E-state index contributed by atoms with van der Waals surface area (Å²) in [6.45, 7) is 6.73. The third-order valence-electron chi connectivity index (χ3n) is 3.67. The highest BCUT2D eigenvalue weighted by Gasteiger charge is 2.18. The predicted octanol–water partition coefficient (Wildman–Crippen LogP) is 1.96. The van der Waals surface area contributed by atoms with E-state index in [9.17, 15) is 4.79 Å². The maximum absolute atomic E-state index is 12.1. The number of nitrogens with one attached hydrogen (secondary N) is 2. The first kappa shape index (κ1) is 14.4. The molecule has 1 fully saturated rings. The third kappa shape index (κ3) is 3.95. The lowest BCUT2D eigenvalue weighted by atomic mass is 10.1. The van der Waals surface area contributed by atoms with Gasteiger partial charge in [-0.05, 0) is 50.3 Å². The molecule has 2 rings (SSSR count). The Morgan fingerprint density at radius 3 is 2.58 bits per heavy atom. The topological polar surface area (TPSA) is 33.5 Å². The summed E-state index contributed by atoms with van der Waals surface area (Å²) >= 11 is 6.20. The lowest BCUT2D eigenvalue weighted by molar-refractivity contribution is -0.896. The van der Waals surface area contributed by atoms with Crippen LogP contribution in [0.1, 0.15) is 30.4 Å². The maximum Gasteiger partial charge on any atom is 0.279 e. The van der Waals surface area contributed by atoms with Crippen LogP contribution in [0.15, 0.2) is 12.1 Å². The van der Waals surface area contributed by atoms with Gasteiger partial charge in [0.25, 0.3) is 5.91 Å². The van der Waals surface area contributed by atoms with Gasteiger partial charge in [0, 0.05) is 0 Å². The van der Waals surface area contributed by atoms with Gasteiger partial charge in [0.15, 0.2) is 6.54 Å². The van der Waals surface area contributed by atoms with Crippen LogP contribution in [0.3, 0.4) is 0 Å². The van der Waals surface area contributed by atoms with Crippen LogP contribution in [0.5, 0.6) is 0 Å². The second-order valence-corrected chi connectivity index (χ2v) is 5.88. The van der Waals surface area contributed by atoms with Crippen LogP contribution in [0.2, 0.25) is 5.02 Å². The molecule has 2 N–H and O–H groups in total. The largest absolute Gasteiger partial charge is 0.327 e. The summed E-state index contributed by atoms with van der Waals surface area (Å²) in [6.07, 6.45) is 3.76. The van der Waals surface area contributed by atoms with Crippen molar-refractivity contribution in [2.24, 2.45) is 0 Å². The van der Waals surface area contributed by atoms with Crippen molar-refractivity contribution in [3.8, 4) is 0 Å². The lowest BCUT2D eigenvalue weighted by Gasteiger charge is -2.23. The molecule has 0 bridgehead atoms. The SMILES string of the molecule is Cc1cc(C)c(NC(=O)C[NH+]2CCCCC2)c(Cl)c1. The van der Waals surface area contributed by atoms with E-state index < -0.39 is 0 Å². The number of halogens is 1. The molecule has 3 nitrogen and oxygen atoms in total. The first-order valence-electron chi connectivity index (χ1n) is 6.96. The minimum Gasteiger partial charge on any atom is -0.327 e. The molecule has 0 unspecified atom stereocenters. The van der Waals surface area contributed by atoms with Gasteiger partial charge in [0.05, 0.1) is 23.8 Å². The quantitative estimate of drug-likeness (QED) is 0.873. The standard InChI is InChI=1S/C15H21ClN2O/c1-11-8-12(2)15(13(16)9-11)17-14(19)10-18-6-4-3-5-7-18/h8-9H,3-7,10H2,1-2H3,(H,17,19)/p+1. The summed E-state index contributed by atoms with van der Waals surface area (Å²) in [4.78, 5) is 13.5. The summed E-state index contributed by atoms with van der Waals surface area (Å²) in [7, 11) is 0. The Hall–Kier alpha value is -1.06. The van der Waals surface area contributed by atoms with E-state index in [2.05, 4.69) is 5.32 Å². The summed E-state index contributed by atoms with van der Waals surface area (Å²) in [6, 6.07) is 3.92. The Balaban J connectivity index is 1.98. The molecular weight excluding hydrogens is 260 g/mol. The molecule has 0 atom stereocenters. The van der Waals surface area contributed by atoms with Gasteiger partial charge in [-0.3, -0.25) is 4.79 Å². The average molecular weight is 282 g/mol. The molecule has 19 heavy (non-hydrogen) atoms. The van der Waals surface area contributed by atoms with Crippen molar-refractivity contribution in [2.45, 2.75) is 33.1 Å². The van der Waals surface area contributed by atoms with E-state index in [1.54, 1.807) is 0 Å². The number of benzene rings is 1. The van der Waals surface area contributed by atoms with Crippen LogP contribution in [-0.4, -0.2) is 25.5 Å². The summed E-state index contributed by atoms with van der Waals surface area (Å²) in [5, 5.41) is 3.59. The fourth-order valence-electron chi connectivity index (χ4n) is 2.71. The lowest BCUT2D eigenvalue weighted by Crippen LogP contribution is -3.13. The first-order valence-corrected chi connectivity index (χ1v) is 7.34. The Labute approximate surface area is 119 Å². The number of carbonyl (C=O) groups excluding carboxylic acids is 1. The molecule has 0 saturated carbocycles. The van der Waals surface area contributed by atoms with Gasteiger partial charge in [0.2, 0.25) is 0 Å². The molecule has 1 aromatic carbocycles. The van der Waals surface area contributed by atoms with Gasteiger partial charge in [-0.25, -0.2) is 0 Å². The van der Waals surface area contributed by atoms with Crippen LogP contribution >= 0.6 is 11.6 Å². The summed E-state index contributed by atoms with van der Waals surface area (Å²) in [5.74, 6) is 0.0609. The molecule has 1 aliphatic heterocycles. The van der Waals surface area contributed by atoms with Gasteiger partial charge in [-0.15, -0.1) is 0 Å². The van der Waals surface area contributed by atoms with Gasteiger partial charge in [0.1, 0.15) is 0 Å². The third-order valence-corrected chi connectivity index (χ3v) is 3.97. The second kappa shape index (κ2) is 6.40. The summed E-state index contributed by atoms with van der Waals surface area (Å²) < 4.78 is 0. The highest BCUT2D eigenvalue weighted by Crippen LogP contribution is 2.27. The van der Waals surface area contributed by atoms with Crippen molar-refractivity contribution in [3.63, 3.8) is 0 Å². The number of rotatable bonds is 3. The molecule has 0 aliphatic carbocycles. The van der Waals surface area contributed by atoms with E-state index in [-0.39, 0.29) is 5.91 Å². The first-order chi connectivity index (χ1) is 9.06. The number of hydrogen-bond donors (Lipinski definition) is 2. The molecule has 104 valence electrons. The Morgan fingerprint density at radius 2 is 1.95 bits per heavy atom. The highest BCUT2D eigenvalue weighted by atomic mass is 35.5. The van der Waals surface area contributed by atoms with Crippen LogP contribution in [0, 0.1) is 13.8 Å². The Bertz CT molecular complexity index is 444. The van der Waals surface area contributed by atoms with Crippen LogP contribution in [0.4, 0.5) is 5.69 Å². The monoisotopic (exact) mass is 281 g/mol. The highest BCUT2D eigenvalue weighted by molar-refractivity contribution is 6.34. The van der Waals surface area contributed by atoms with Crippen LogP contribution in [0.25, 0.3) is 0 Å². The normalized spacial score (nSPS) is 16.4. The van der Waals surface area contributed by atoms with Gasteiger partial charge >= 0.3 is 0 Å². The van der Waals surface area contributed by atoms with E-state index in [0.29, 0.717) is 11.6 Å². The molecule has 0 aromatic heterocycles. The number of piperidine rings is 1. The zero-order valence-electron chi connectivity index (χ0n) is 11.7. The minimum atomic E-state index is 0.0609. The number of anilines is 1. The van der Waals surface area contributed by atoms with Crippen LogP contribution in [-0.2, 0) is 4.79 Å². The van der Waals surface area contributed by atoms with E-state index >= 15 is 0 Å². The summed E-state index contributed by atoms with van der Waals surface area (Å²) in [5.41, 5.74) is 2.89. The smallest absolute Gasteiger partial charge is 0.279 e. The minimum absolute atomic E-state index is 0.0609. The number of carbonyl (C=O) groups is 1. The molecule has 1 amide bonds. The molecule has 1 aromatic rings. The molecule has 1 saturated heterocycles. The number of amides is 1. The van der Waals surface area contributed by atoms with Crippen molar-refractivity contribution < 1.29 is 9.69 Å². The average Bonchev–Trinajstić information content (AvgIpc) is 2.35. The fourth-order valence-corrected chi connectivity index (χ4v) is 3.08. The predicted molar refractivity (Wildman–Crippen MR) is 79.0 cm³/mol.